The third kappa shape index (κ3) is 4.97. The molecular formula is C12H26N2. The van der Waals surface area contributed by atoms with Crippen molar-refractivity contribution < 1.29 is 0 Å². The maximum Gasteiger partial charge on any atom is 0.0165 e. The zero-order chi connectivity index (χ0) is 10.2. The van der Waals surface area contributed by atoms with E-state index in [4.69, 9.17) is 5.73 Å². The lowest BCUT2D eigenvalue weighted by molar-refractivity contribution is 0.428. The van der Waals surface area contributed by atoms with Crippen LogP contribution in [0.15, 0.2) is 0 Å². The van der Waals surface area contributed by atoms with E-state index in [1.165, 1.54) is 44.9 Å². The highest BCUT2D eigenvalue weighted by Crippen LogP contribution is 2.17. The van der Waals surface area contributed by atoms with Gasteiger partial charge in [-0.25, -0.2) is 0 Å². The van der Waals surface area contributed by atoms with Gasteiger partial charge in [-0.3, -0.25) is 0 Å². The summed E-state index contributed by atoms with van der Waals surface area (Å²) in [5.74, 6) is 0. The minimum atomic E-state index is 0.364. The van der Waals surface area contributed by atoms with E-state index in [9.17, 15) is 0 Å². The van der Waals surface area contributed by atoms with E-state index >= 15 is 0 Å². The van der Waals surface area contributed by atoms with Crippen molar-refractivity contribution in [3.8, 4) is 0 Å². The van der Waals surface area contributed by atoms with E-state index in [0.29, 0.717) is 6.04 Å². The predicted octanol–water partition coefficient (Wildman–Crippen LogP) is 2.43. The van der Waals surface area contributed by atoms with E-state index < -0.39 is 0 Å². The lowest BCUT2D eigenvalue weighted by atomic mass is 10.1. The molecule has 0 aromatic carbocycles. The number of rotatable bonds is 5. The highest BCUT2D eigenvalue weighted by molar-refractivity contribution is 4.73. The average molecular weight is 198 g/mol. The molecule has 3 N–H and O–H groups in total. The fourth-order valence-electron chi connectivity index (χ4n) is 2.27. The molecule has 0 amide bonds. The maximum atomic E-state index is 5.98. The van der Waals surface area contributed by atoms with Gasteiger partial charge in [-0.2, -0.15) is 0 Å². The molecule has 1 rings (SSSR count). The third-order valence-corrected chi connectivity index (χ3v) is 3.18. The lowest BCUT2D eigenvalue weighted by Gasteiger charge is -2.19. The van der Waals surface area contributed by atoms with Crippen molar-refractivity contribution in [1.82, 2.24) is 5.32 Å². The van der Waals surface area contributed by atoms with Crippen LogP contribution in [0.5, 0.6) is 0 Å². The van der Waals surface area contributed by atoms with Gasteiger partial charge in [0.2, 0.25) is 0 Å². The van der Waals surface area contributed by atoms with Crippen molar-refractivity contribution in [3.63, 3.8) is 0 Å². The second kappa shape index (κ2) is 7.24. The van der Waals surface area contributed by atoms with Crippen LogP contribution in [0.25, 0.3) is 0 Å². The van der Waals surface area contributed by atoms with Crippen molar-refractivity contribution in [1.29, 1.82) is 0 Å². The first-order chi connectivity index (χ1) is 6.83. The summed E-state index contributed by atoms with van der Waals surface area (Å²) in [7, 11) is 0. The van der Waals surface area contributed by atoms with Crippen LogP contribution in [0.2, 0.25) is 0 Å². The first kappa shape index (κ1) is 12.0. The molecule has 0 spiro atoms. The van der Waals surface area contributed by atoms with Gasteiger partial charge in [-0.15, -0.1) is 0 Å². The minimum absolute atomic E-state index is 0.364. The molecular weight excluding hydrogens is 172 g/mol. The molecule has 0 aliphatic heterocycles. The fourth-order valence-corrected chi connectivity index (χ4v) is 2.27. The van der Waals surface area contributed by atoms with Gasteiger partial charge < -0.3 is 11.1 Å². The molecule has 0 radical (unpaired) electrons. The van der Waals surface area contributed by atoms with E-state index in [1.807, 2.05) is 0 Å². The molecule has 14 heavy (non-hydrogen) atoms. The van der Waals surface area contributed by atoms with E-state index in [2.05, 4.69) is 12.2 Å². The van der Waals surface area contributed by atoms with Crippen molar-refractivity contribution >= 4 is 0 Å². The molecule has 1 aliphatic carbocycles. The van der Waals surface area contributed by atoms with Crippen LogP contribution in [-0.2, 0) is 0 Å². The Morgan fingerprint density at radius 3 is 2.43 bits per heavy atom. The zero-order valence-electron chi connectivity index (χ0n) is 9.60. The van der Waals surface area contributed by atoms with Gasteiger partial charge in [0.25, 0.3) is 0 Å². The summed E-state index contributed by atoms with van der Waals surface area (Å²) in [6.45, 7) is 3.21. The standard InChI is InChI=1S/C12H26N2/c1-2-7-11(13)10-14-12-8-5-3-4-6-9-12/h11-12,14H,2-10,13H2,1H3. The Kier molecular flexibility index (Phi) is 6.20. The summed E-state index contributed by atoms with van der Waals surface area (Å²) >= 11 is 0. The first-order valence-corrected chi connectivity index (χ1v) is 6.32. The smallest absolute Gasteiger partial charge is 0.0165 e. The van der Waals surface area contributed by atoms with Gasteiger partial charge in [0.15, 0.2) is 0 Å². The molecule has 84 valence electrons. The Morgan fingerprint density at radius 2 is 1.86 bits per heavy atom. The molecule has 0 saturated heterocycles. The Hall–Kier alpha value is -0.0800. The average Bonchev–Trinajstić information content (AvgIpc) is 2.43. The quantitative estimate of drug-likeness (QED) is 0.666. The van der Waals surface area contributed by atoms with Crippen LogP contribution in [-0.4, -0.2) is 18.6 Å². The number of nitrogens with one attached hydrogen (secondary N) is 1. The Labute approximate surface area is 88.6 Å². The van der Waals surface area contributed by atoms with Gasteiger partial charge in [0.05, 0.1) is 0 Å². The maximum absolute atomic E-state index is 5.98. The van der Waals surface area contributed by atoms with Gasteiger partial charge in [0, 0.05) is 18.6 Å². The van der Waals surface area contributed by atoms with Crippen molar-refractivity contribution in [2.24, 2.45) is 5.73 Å². The van der Waals surface area contributed by atoms with Crippen LogP contribution in [0.3, 0.4) is 0 Å². The van der Waals surface area contributed by atoms with Crippen LogP contribution in [0.4, 0.5) is 0 Å². The van der Waals surface area contributed by atoms with Crippen LogP contribution in [0.1, 0.15) is 58.3 Å². The molecule has 2 heteroatoms. The van der Waals surface area contributed by atoms with Gasteiger partial charge in [-0.05, 0) is 19.3 Å². The minimum Gasteiger partial charge on any atom is -0.327 e. The largest absolute Gasteiger partial charge is 0.327 e. The summed E-state index contributed by atoms with van der Waals surface area (Å²) in [5, 5.41) is 3.62. The second-order valence-electron chi connectivity index (χ2n) is 4.65. The van der Waals surface area contributed by atoms with Gasteiger partial charge in [-0.1, -0.05) is 39.0 Å². The summed E-state index contributed by atoms with van der Waals surface area (Å²) in [5.41, 5.74) is 5.98. The monoisotopic (exact) mass is 198 g/mol. The Bertz CT molecular complexity index is 128. The van der Waals surface area contributed by atoms with Crippen molar-refractivity contribution in [2.75, 3.05) is 6.54 Å². The number of hydrogen-bond donors (Lipinski definition) is 2. The number of hydrogen-bond acceptors (Lipinski definition) is 2. The number of nitrogens with two attached hydrogens (primary N) is 1. The summed E-state index contributed by atoms with van der Waals surface area (Å²) in [4.78, 5) is 0. The molecule has 1 unspecified atom stereocenters. The zero-order valence-corrected chi connectivity index (χ0v) is 9.60. The fraction of sp³-hybridized carbons (Fsp3) is 1.00. The summed E-state index contributed by atoms with van der Waals surface area (Å²) in [6, 6.07) is 1.11. The first-order valence-electron chi connectivity index (χ1n) is 6.32. The third-order valence-electron chi connectivity index (χ3n) is 3.18. The second-order valence-corrected chi connectivity index (χ2v) is 4.65. The molecule has 1 atom stereocenters. The normalized spacial score (nSPS) is 21.9. The predicted molar refractivity (Wildman–Crippen MR) is 62.4 cm³/mol. The van der Waals surface area contributed by atoms with Crippen LogP contribution >= 0.6 is 0 Å². The highest BCUT2D eigenvalue weighted by atomic mass is 14.9. The molecule has 2 nitrogen and oxygen atoms in total. The molecule has 0 bridgehead atoms. The molecule has 0 aromatic heterocycles. The van der Waals surface area contributed by atoms with Crippen LogP contribution in [0, 0.1) is 0 Å². The van der Waals surface area contributed by atoms with Crippen molar-refractivity contribution in [3.05, 3.63) is 0 Å². The van der Waals surface area contributed by atoms with E-state index in [-0.39, 0.29) is 0 Å². The Morgan fingerprint density at radius 1 is 1.21 bits per heavy atom. The SMILES string of the molecule is CCCC(N)CNC1CCCCCC1. The molecule has 1 fully saturated rings. The van der Waals surface area contributed by atoms with Crippen molar-refractivity contribution in [2.45, 2.75) is 70.4 Å². The van der Waals surface area contributed by atoms with Gasteiger partial charge >= 0.3 is 0 Å². The lowest BCUT2D eigenvalue weighted by Crippen LogP contribution is -2.39. The summed E-state index contributed by atoms with van der Waals surface area (Å²) in [6.07, 6.45) is 10.7. The highest BCUT2D eigenvalue weighted by Gasteiger charge is 2.12. The van der Waals surface area contributed by atoms with E-state index in [1.54, 1.807) is 0 Å². The molecule has 1 saturated carbocycles. The van der Waals surface area contributed by atoms with Gasteiger partial charge in [0.1, 0.15) is 0 Å². The topological polar surface area (TPSA) is 38.0 Å². The van der Waals surface area contributed by atoms with E-state index in [0.717, 1.165) is 19.0 Å². The molecule has 0 aromatic rings. The molecule has 0 heterocycles. The Balaban J connectivity index is 2.09. The summed E-state index contributed by atoms with van der Waals surface area (Å²) < 4.78 is 0. The molecule has 1 aliphatic rings. The van der Waals surface area contributed by atoms with Crippen LogP contribution < -0.4 is 11.1 Å².